The summed E-state index contributed by atoms with van der Waals surface area (Å²) >= 11 is 9.07. The van der Waals surface area contributed by atoms with E-state index in [1.807, 2.05) is 0 Å². The Bertz CT molecular complexity index is 908. The highest BCUT2D eigenvalue weighted by atomic mass is 79.9. The summed E-state index contributed by atoms with van der Waals surface area (Å²) in [5.74, 6) is 0. The van der Waals surface area contributed by atoms with E-state index in [4.69, 9.17) is 16.7 Å². The molecule has 0 bridgehead atoms. The molecule has 0 aliphatic carbocycles. The van der Waals surface area contributed by atoms with Gasteiger partial charge in [-0.3, -0.25) is 19.5 Å². The molecule has 11 heteroatoms. The molecule has 0 atom stereocenters. The highest BCUT2D eigenvalue weighted by Gasteiger charge is 2.33. The Balaban J connectivity index is 2.13. The van der Waals surface area contributed by atoms with Gasteiger partial charge in [0.25, 0.3) is 11.2 Å². The van der Waals surface area contributed by atoms with Crippen molar-refractivity contribution in [1.29, 1.82) is 0 Å². The molecule has 9 nitrogen and oxygen atoms in total. The first-order valence-electron chi connectivity index (χ1n) is 6.32. The largest absolute Gasteiger partial charge is 0.465 e. The molecular weight excluding hydrogens is 396 g/mol. The summed E-state index contributed by atoms with van der Waals surface area (Å²) in [4.78, 5) is 39.0. The van der Waals surface area contributed by atoms with Crippen LogP contribution in [0, 0.1) is 10.1 Å². The lowest BCUT2D eigenvalue weighted by molar-refractivity contribution is -0.385. The Morgan fingerprint density at radius 2 is 2.17 bits per heavy atom. The molecule has 2 aromatic rings. The number of hydrogen-bond acceptors (Lipinski definition) is 5. The molecule has 0 saturated carbocycles. The van der Waals surface area contributed by atoms with Crippen LogP contribution < -0.4 is 5.56 Å². The lowest BCUT2D eigenvalue weighted by atomic mass is 10.1. The van der Waals surface area contributed by atoms with E-state index >= 15 is 0 Å². The molecule has 1 aromatic heterocycles. The fourth-order valence-corrected chi connectivity index (χ4v) is 3.08. The first-order chi connectivity index (χ1) is 10.8. The molecule has 1 N–H and O–H groups in total. The van der Waals surface area contributed by atoms with Crippen molar-refractivity contribution in [2.45, 2.75) is 6.04 Å². The Morgan fingerprint density at radius 1 is 1.52 bits per heavy atom. The molecule has 1 amide bonds. The topological polar surface area (TPSA) is 119 Å². The predicted octanol–water partition coefficient (Wildman–Crippen LogP) is 2.26. The number of rotatable bonds is 2. The molecule has 2 heterocycles. The number of nitrogens with zero attached hydrogens (tertiary/aromatic N) is 4. The lowest BCUT2D eigenvalue weighted by Gasteiger charge is -2.37. The van der Waals surface area contributed by atoms with Crippen LogP contribution in [-0.4, -0.2) is 43.7 Å². The summed E-state index contributed by atoms with van der Waals surface area (Å²) in [6.07, 6.45) is 0.212. The summed E-state index contributed by atoms with van der Waals surface area (Å²) in [6, 6.07) is 0.766. The second kappa shape index (κ2) is 5.46. The van der Waals surface area contributed by atoms with Gasteiger partial charge in [-0.1, -0.05) is 11.6 Å². The van der Waals surface area contributed by atoms with Crippen LogP contribution in [0.15, 0.2) is 21.7 Å². The van der Waals surface area contributed by atoms with Gasteiger partial charge in [0, 0.05) is 19.2 Å². The van der Waals surface area contributed by atoms with E-state index < -0.39 is 16.6 Å². The van der Waals surface area contributed by atoms with Gasteiger partial charge in [-0.05, 0) is 15.9 Å². The number of likely N-dealkylation sites (tertiary alicyclic amines) is 1. The minimum absolute atomic E-state index is 0.0146. The molecule has 1 aliphatic rings. The number of nitro benzene ring substituents is 1. The second-order valence-electron chi connectivity index (χ2n) is 4.98. The van der Waals surface area contributed by atoms with Gasteiger partial charge in [-0.15, -0.1) is 0 Å². The van der Waals surface area contributed by atoms with E-state index in [1.54, 1.807) is 0 Å². The molecule has 1 aliphatic heterocycles. The van der Waals surface area contributed by atoms with Gasteiger partial charge in [-0.25, -0.2) is 9.78 Å². The number of aromatic nitrogens is 2. The minimum Gasteiger partial charge on any atom is -0.465 e. The van der Waals surface area contributed by atoms with Gasteiger partial charge in [-0.2, -0.15) is 0 Å². The highest BCUT2D eigenvalue weighted by Crippen LogP contribution is 2.36. The van der Waals surface area contributed by atoms with Crippen LogP contribution in [0.3, 0.4) is 0 Å². The molecule has 0 radical (unpaired) electrons. The van der Waals surface area contributed by atoms with E-state index in [1.165, 1.54) is 10.9 Å². The van der Waals surface area contributed by atoms with Gasteiger partial charge >= 0.3 is 6.09 Å². The maximum Gasteiger partial charge on any atom is 0.407 e. The van der Waals surface area contributed by atoms with Crippen molar-refractivity contribution in [2.24, 2.45) is 0 Å². The number of nitro groups is 1. The van der Waals surface area contributed by atoms with Crippen molar-refractivity contribution < 1.29 is 14.8 Å². The number of carbonyl (C=O) groups is 1. The van der Waals surface area contributed by atoms with Gasteiger partial charge in [0.15, 0.2) is 0 Å². The fourth-order valence-electron chi connectivity index (χ4n) is 2.38. The Kier molecular flexibility index (Phi) is 3.72. The Morgan fingerprint density at radius 3 is 2.74 bits per heavy atom. The average molecular weight is 404 g/mol. The minimum atomic E-state index is -1.06. The number of benzene rings is 1. The summed E-state index contributed by atoms with van der Waals surface area (Å²) in [5.41, 5.74) is -0.678. The number of fused-ring (bicyclic) bond motifs is 1. The molecule has 23 heavy (non-hydrogen) atoms. The first-order valence-corrected chi connectivity index (χ1v) is 7.49. The van der Waals surface area contributed by atoms with E-state index in [-0.39, 0.29) is 45.2 Å². The van der Waals surface area contributed by atoms with E-state index in [0.717, 1.165) is 11.0 Å². The van der Waals surface area contributed by atoms with Crippen LogP contribution in [0.4, 0.5) is 10.5 Å². The van der Waals surface area contributed by atoms with Gasteiger partial charge in [0.1, 0.15) is 4.47 Å². The molecule has 120 valence electrons. The first kappa shape index (κ1) is 15.7. The molecule has 0 unspecified atom stereocenters. The molecular formula is C12H8BrClN4O5. The molecule has 1 fully saturated rings. The van der Waals surface area contributed by atoms with Crippen LogP contribution in [0.1, 0.15) is 6.04 Å². The maximum atomic E-state index is 12.5. The van der Waals surface area contributed by atoms with Crippen LogP contribution in [0.5, 0.6) is 0 Å². The molecule has 1 saturated heterocycles. The number of halogens is 2. The standard InChI is InChI=1S/C12H8BrClN4O5/c13-8-7(18(22)23)1-6-10(9(8)14)15-4-17(11(6)19)5-2-16(3-5)12(20)21/h1,4-5H,2-3H2,(H,20,21). The third kappa shape index (κ3) is 2.43. The summed E-state index contributed by atoms with van der Waals surface area (Å²) in [5, 5.41) is 19.9. The molecule has 1 aromatic carbocycles. The monoisotopic (exact) mass is 402 g/mol. The quantitative estimate of drug-likeness (QED) is 0.607. The molecule has 0 spiro atoms. The Hall–Kier alpha value is -2.20. The second-order valence-corrected chi connectivity index (χ2v) is 6.15. The third-order valence-corrected chi connectivity index (χ3v) is 5.06. The zero-order chi connectivity index (χ0) is 16.9. The van der Waals surface area contributed by atoms with Crippen molar-refractivity contribution in [3.05, 3.63) is 42.4 Å². The molecule has 3 rings (SSSR count). The number of carboxylic acid groups (broad SMARTS) is 1. The number of amides is 1. The summed E-state index contributed by atoms with van der Waals surface area (Å²) in [6.45, 7) is 0.323. The fraction of sp³-hybridized carbons (Fsp3) is 0.250. The van der Waals surface area contributed by atoms with Crippen LogP contribution in [0.25, 0.3) is 10.9 Å². The van der Waals surface area contributed by atoms with Gasteiger partial charge in [0.2, 0.25) is 0 Å². The average Bonchev–Trinajstić information content (AvgIpc) is 2.42. The third-order valence-electron chi connectivity index (χ3n) is 3.66. The van der Waals surface area contributed by atoms with Crippen LogP contribution in [0.2, 0.25) is 5.02 Å². The van der Waals surface area contributed by atoms with E-state index in [2.05, 4.69) is 20.9 Å². The van der Waals surface area contributed by atoms with Crippen LogP contribution >= 0.6 is 27.5 Å². The Labute approximate surface area is 141 Å². The lowest BCUT2D eigenvalue weighted by Crippen LogP contribution is -2.52. The normalized spacial score (nSPS) is 14.8. The maximum absolute atomic E-state index is 12.5. The van der Waals surface area contributed by atoms with E-state index in [9.17, 15) is 19.7 Å². The smallest absolute Gasteiger partial charge is 0.407 e. The van der Waals surface area contributed by atoms with Crippen molar-refractivity contribution in [1.82, 2.24) is 14.5 Å². The zero-order valence-corrected chi connectivity index (χ0v) is 13.6. The summed E-state index contributed by atoms with van der Waals surface area (Å²) in [7, 11) is 0. The highest BCUT2D eigenvalue weighted by molar-refractivity contribution is 9.10. The van der Waals surface area contributed by atoms with Crippen molar-refractivity contribution in [3.8, 4) is 0 Å². The SMILES string of the molecule is O=C(O)N1CC(n2cnc3c(Cl)c(Br)c([N+](=O)[O-])cc3c2=O)C1. The predicted molar refractivity (Wildman–Crippen MR) is 84.0 cm³/mol. The summed E-state index contributed by atoms with van der Waals surface area (Å²) < 4.78 is 1.33. The van der Waals surface area contributed by atoms with Crippen molar-refractivity contribution in [3.63, 3.8) is 0 Å². The number of hydrogen-bond donors (Lipinski definition) is 1. The van der Waals surface area contributed by atoms with Crippen molar-refractivity contribution in [2.75, 3.05) is 13.1 Å². The zero-order valence-electron chi connectivity index (χ0n) is 11.3. The van der Waals surface area contributed by atoms with Gasteiger partial charge < -0.3 is 10.0 Å². The van der Waals surface area contributed by atoms with Crippen molar-refractivity contribution >= 4 is 50.2 Å². The van der Waals surface area contributed by atoms with Gasteiger partial charge in [0.05, 0.1) is 33.2 Å². The van der Waals surface area contributed by atoms with Crippen LogP contribution in [-0.2, 0) is 0 Å². The van der Waals surface area contributed by atoms with E-state index in [0.29, 0.717) is 0 Å².